The summed E-state index contributed by atoms with van der Waals surface area (Å²) in [6.45, 7) is 2.33. The first-order valence-electron chi connectivity index (χ1n) is 7.28. The van der Waals surface area contributed by atoms with Gasteiger partial charge in [0.05, 0.1) is 18.3 Å². The van der Waals surface area contributed by atoms with Crippen molar-refractivity contribution in [2.75, 3.05) is 6.61 Å². The first kappa shape index (κ1) is 18.4. The van der Waals surface area contributed by atoms with Crippen LogP contribution in [0.4, 0.5) is 0 Å². The summed E-state index contributed by atoms with van der Waals surface area (Å²) in [5.41, 5.74) is 6.64. The Labute approximate surface area is 138 Å². The smallest absolute Gasteiger partial charge is 0.329 e. The minimum atomic E-state index is -4.33. The SMILES string of the molecule is CCOc1ccc2cc(CP(=O)(O)O)c(C[C@@H](N)C(=O)O)nc2c1. The summed E-state index contributed by atoms with van der Waals surface area (Å²) in [6.07, 6.45) is -0.649. The zero-order valence-corrected chi connectivity index (χ0v) is 13.9. The van der Waals surface area contributed by atoms with E-state index in [2.05, 4.69) is 4.98 Å². The highest BCUT2D eigenvalue weighted by molar-refractivity contribution is 7.50. The Balaban J connectivity index is 2.52. The van der Waals surface area contributed by atoms with Crippen molar-refractivity contribution in [3.8, 4) is 5.75 Å². The highest BCUT2D eigenvalue weighted by Gasteiger charge is 2.21. The third-order valence-corrected chi connectivity index (χ3v) is 4.13. The van der Waals surface area contributed by atoms with E-state index >= 15 is 0 Å². The molecule has 8 nitrogen and oxygen atoms in total. The minimum absolute atomic E-state index is 0.126. The molecule has 0 aliphatic heterocycles. The van der Waals surface area contributed by atoms with E-state index in [0.717, 1.165) is 0 Å². The number of benzene rings is 1. The average molecular weight is 354 g/mol. The molecule has 1 atom stereocenters. The lowest BCUT2D eigenvalue weighted by Crippen LogP contribution is -2.33. The molecule has 0 fully saturated rings. The molecule has 1 aromatic heterocycles. The van der Waals surface area contributed by atoms with Gasteiger partial charge in [0.15, 0.2) is 0 Å². The lowest BCUT2D eigenvalue weighted by molar-refractivity contribution is -0.138. The van der Waals surface area contributed by atoms with Crippen LogP contribution in [0.5, 0.6) is 5.75 Å². The molecule has 9 heteroatoms. The van der Waals surface area contributed by atoms with E-state index in [1.54, 1.807) is 24.3 Å². The van der Waals surface area contributed by atoms with Gasteiger partial charge in [-0.3, -0.25) is 14.3 Å². The minimum Gasteiger partial charge on any atom is -0.494 e. The Hall–Kier alpha value is -1.99. The normalized spacial score (nSPS) is 13.0. The molecule has 24 heavy (non-hydrogen) atoms. The molecule has 0 bridgehead atoms. The van der Waals surface area contributed by atoms with Gasteiger partial charge >= 0.3 is 13.6 Å². The van der Waals surface area contributed by atoms with Crippen LogP contribution in [0.15, 0.2) is 24.3 Å². The number of fused-ring (bicyclic) bond motifs is 1. The number of aliphatic carboxylic acids is 1. The quantitative estimate of drug-likeness (QED) is 0.544. The number of carbonyl (C=O) groups is 1. The summed E-state index contributed by atoms with van der Waals surface area (Å²) in [7, 11) is -4.33. The standard InChI is InChI=1S/C15H19N2O6P/c1-2-23-11-4-3-9-5-10(8-24(20,21)22)14(17-13(9)6-11)7-12(16)15(18)19/h3-6,12H,2,7-8,16H2,1H3,(H,18,19)(H2,20,21,22)/t12-/m1/s1. The van der Waals surface area contributed by atoms with Gasteiger partial charge in [0, 0.05) is 23.6 Å². The van der Waals surface area contributed by atoms with Crippen molar-refractivity contribution in [3.05, 3.63) is 35.5 Å². The third kappa shape index (κ3) is 4.75. The van der Waals surface area contributed by atoms with E-state index in [9.17, 15) is 19.1 Å². The summed E-state index contributed by atoms with van der Waals surface area (Å²) in [5, 5.41) is 9.64. The Morgan fingerprint density at radius 1 is 1.38 bits per heavy atom. The van der Waals surface area contributed by atoms with Crippen LogP contribution in [0.2, 0.25) is 0 Å². The van der Waals surface area contributed by atoms with Crippen molar-refractivity contribution in [2.45, 2.75) is 25.5 Å². The van der Waals surface area contributed by atoms with Gasteiger partial charge in [-0.2, -0.15) is 0 Å². The van der Waals surface area contributed by atoms with Crippen molar-refractivity contribution < 1.29 is 29.0 Å². The maximum absolute atomic E-state index is 11.3. The average Bonchev–Trinajstić information content (AvgIpc) is 2.46. The topological polar surface area (TPSA) is 143 Å². The molecule has 5 N–H and O–H groups in total. The molecule has 0 radical (unpaired) electrons. The first-order valence-corrected chi connectivity index (χ1v) is 9.07. The van der Waals surface area contributed by atoms with E-state index in [1.807, 2.05) is 6.92 Å². The Kier molecular flexibility index (Phi) is 5.56. The second-order valence-electron chi connectivity index (χ2n) is 5.35. The molecule has 1 aromatic carbocycles. The van der Waals surface area contributed by atoms with Gasteiger partial charge in [-0.05, 0) is 30.7 Å². The summed E-state index contributed by atoms with van der Waals surface area (Å²) in [4.78, 5) is 33.8. The third-order valence-electron chi connectivity index (χ3n) is 3.38. The molecular formula is C15H19N2O6P. The Morgan fingerprint density at radius 3 is 2.67 bits per heavy atom. The van der Waals surface area contributed by atoms with Gasteiger partial charge in [-0.25, -0.2) is 0 Å². The number of ether oxygens (including phenoxy) is 1. The van der Waals surface area contributed by atoms with Crippen LogP contribution in [0.25, 0.3) is 10.9 Å². The number of hydrogen-bond acceptors (Lipinski definition) is 5. The monoisotopic (exact) mass is 354 g/mol. The fourth-order valence-electron chi connectivity index (χ4n) is 2.32. The lowest BCUT2D eigenvalue weighted by Gasteiger charge is -2.14. The van der Waals surface area contributed by atoms with E-state index in [0.29, 0.717) is 23.3 Å². The molecular weight excluding hydrogens is 335 g/mol. The number of aromatic nitrogens is 1. The molecule has 0 aliphatic carbocycles. The van der Waals surface area contributed by atoms with E-state index < -0.39 is 25.8 Å². The van der Waals surface area contributed by atoms with Crippen LogP contribution in [-0.2, 0) is 21.9 Å². The Bertz CT molecular complexity index is 804. The maximum atomic E-state index is 11.3. The summed E-state index contributed by atoms with van der Waals surface area (Å²) < 4.78 is 16.7. The number of nitrogens with zero attached hydrogens (tertiary/aromatic N) is 1. The number of hydrogen-bond donors (Lipinski definition) is 4. The molecule has 0 saturated heterocycles. The van der Waals surface area contributed by atoms with Crippen LogP contribution in [0, 0.1) is 0 Å². The van der Waals surface area contributed by atoms with E-state index in [-0.39, 0.29) is 17.7 Å². The second kappa shape index (κ2) is 7.27. The highest BCUT2D eigenvalue weighted by Crippen LogP contribution is 2.40. The van der Waals surface area contributed by atoms with E-state index in [1.165, 1.54) is 0 Å². The van der Waals surface area contributed by atoms with Gasteiger partial charge in [-0.1, -0.05) is 0 Å². The molecule has 0 amide bonds. The predicted octanol–water partition coefficient (Wildman–Crippen LogP) is 1.27. The van der Waals surface area contributed by atoms with Crippen LogP contribution in [0.1, 0.15) is 18.2 Å². The fourth-order valence-corrected chi connectivity index (χ4v) is 3.04. The molecule has 130 valence electrons. The molecule has 2 rings (SSSR count). The number of carboxylic acid groups (broad SMARTS) is 1. The van der Waals surface area contributed by atoms with Crippen molar-refractivity contribution in [1.29, 1.82) is 0 Å². The molecule has 0 spiro atoms. The summed E-state index contributed by atoms with van der Waals surface area (Å²) >= 11 is 0. The number of rotatable bonds is 7. The zero-order chi connectivity index (χ0) is 17.9. The molecule has 0 saturated carbocycles. The maximum Gasteiger partial charge on any atom is 0.329 e. The highest BCUT2D eigenvalue weighted by atomic mass is 31.2. The van der Waals surface area contributed by atoms with Gasteiger partial charge in [0.25, 0.3) is 0 Å². The van der Waals surface area contributed by atoms with Crippen LogP contribution < -0.4 is 10.5 Å². The van der Waals surface area contributed by atoms with Crippen LogP contribution >= 0.6 is 7.60 Å². The van der Waals surface area contributed by atoms with Gasteiger partial charge in [-0.15, -0.1) is 0 Å². The van der Waals surface area contributed by atoms with Crippen molar-refractivity contribution in [3.63, 3.8) is 0 Å². The lowest BCUT2D eigenvalue weighted by atomic mass is 10.0. The van der Waals surface area contributed by atoms with Crippen molar-refractivity contribution >= 4 is 24.5 Å². The molecule has 2 aromatic rings. The molecule has 0 unspecified atom stereocenters. The fraction of sp³-hybridized carbons (Fsp3) is 0.333. The second-order valence-corrected chi connectivity index (χ2v) is 7.00. The predicted molar refractivity (Wildman–Crippen MR) is 88.0 cm³/mol. The summed E-state index contributed by atoms with van der Waals surface area (Å²) in [6, 6.07) is 5.55. The zero-order valence-electron chi connectivity index (χ0n) is 13.0. The summed E-state index contributed by atoms with van der Waals surface area (Å²) in [5.74, 6) is -0.601. The van der Waals surface area contributed by atoms with Gasteiger partial charge in [0.1, 0.15) is 11.8 Å². The van der Waals surface area contributed by atoms with Crippen molar-refractivity contribution in [2.24, 2.45) is 5.73 Å². The Morgan fingerprint density at radius 2 is 2.08 bits per heavy atom. The first-order chi connectivity index (χ1) is 11.2. The van der Waals surface area contributed by atoms with Crippen LogP contribution in [0.3, 0.4) is 0 Å². The van der Waals surface area contributed by atoms with Crippen LogP contribution in [-0.4, -0.2) is 38.5 Å². The van der Waals surface area contributed by atoms with Crippen molar-refractivity contribution in [1.82, 2.24) is 4.98 Å². The molecule has 1 heterocycles. The molecule has 0 aliphatic rings. The van der Waals surface area contributed by atoms with Gasteiger partial charge < -0.3 is 25.4 Å². The number of nitrogens with two attached hydrogens (primary N) is 1. The number of pyridine rings is 1. The van der Waals surface area contributed by atoms with Gasteiger partial charge in [0.2, 0.25) is 0 Å². The number of carboxylic acids is 1. The largest absolute Gasteiger partial charge is 0.494 e. The van der Waals surface area contributed by atoms with E-state index in [4.69, 9.17) is 15.6 Å².